The van der Waals surface area contributed by atoms with E-state index < -0.39 is 106 Å². The summed E-state index contributed by atoms with van der Waals surface area (Å²) in [5, 5.41) is 38.7. The first-order valence-electron chi connectivity index (χ1n) is 29.0. The van der Waals surface area contributed by atoms with Crippen LogP contribution in [0, 0.1) is 62.0 Å². The van der Waals surface area contributed by atoms with Crippen LogP contribution in [-0.4, -0.2) is 125 Å². The van der Waals surface area contributed by atoms with Crippen LogP contribution < -0.4 is 19.6 Å². The maximum absolute atomic E-state index is 13.8. The second kappa shape index (κ2) is 29.4. The summed E-state index contributed by atoms with van der Waals surface area (Å²) >= 11 is 0. The van der Waals surface area contributed by atoms with Gasteiger partial charge in [-0.3, -0.25) is 14.5 Å². The molecule has 18 nitrogen and oxygen atoms in total. The second-order valence-electron chi connectivity index (χ2n) is 23.4. The van der Waals surface area contributed by atoms with E-state index in [1.807, 2.05) is 60.7 Å². The van der Waals surface area contributed by atoms with Crippen LogP contribution in [0.2, 0.25) is 0 Å². The van der Waals surface area contributed by atoms with Crippen LogP contribution in [0.15, 0.2) is 109 Å². The summed E-state index contributed by atoms with van der Waals surface area (Å²) in [6, 6.07) is 29.2. The number of alkyl halides is 6. The van der Waals surface area contributed by atoms with Gasteiger partial charge in [0.05, 0.1) is 49.2 Å². The Bertz CT molecular complexity index is 3730. The number of likely N-dealkylation sites (tertiary alicyclic amines) is 1. The van der Waals surface area contributed by atoms with E-state index >= 15 is 0 Å². The van der Waals surface area contributed by atoms with Gasteiger partial charge in [0.25, 0.3) is 0 Å². The number of carboxylic acid groups (broad SMARTS) is 1. The SMILES string of the molecule is CC(C)(C)OC(=O)N1C[C@@H](OCc2ccccc2)C[C@H]1C(=O)O.Cc1cc(C(F)(F)F)c(C#N)c(N2C[C@@H](O)C[C@H]2C(=O)N(C)c2ccc(F)c(C)c2)n1.Cc1cc(C(F)(F)F)c(C#N)c(N2C[C@@H](OCc3ccccc3)C[C@H]2C(=O)N(C)c2ccc(F)c(C)c2)n1. The molecule has 0 aliphatic carbocycles. The van der Waals surface area contributed by atoms with Gasteiger partial charge in [0.15, 0.2) is 0 Å². The Hall–Kier alpha value is -9.24. The number of carbonyl (C=O) groups excluding carboxylic acids is 3. The fourth-order valence-corrected chi connectivity index (χ4v) is 10.7. The number of carboxylic acids is 1. The minimum Gasteiger partial charge on any atom is -0.480 e. The molecule has 2 aromatic heterocycles. The van der Waals surface area contributed by atoms with Crippen molar-refractivity contribution in [2.24, 2.45) is 0 Å². The van der Waals surface area contributed by atoms with Crippen molar-refractivity contribution in [2.45, 2.75) is 135 Å². The van der Waals surface area contributed by atoms with Gasteiger partial charge >= 0.3 is 24.4 Å². The quantitative estimate of drug-likeness (QED) is 0.103. The lowest BCUT2D eigenvalue weighted by atomic mass is 10.1. The minimum absolute atomic E-state index is 0.0245. The van der Waals surface area contributed by atoms with Crippen LogP contribution in [0.5, 0.6) is 0 Å². The van der Waals surface area contributed by atoms with Crippen LogP contribution in [0.3, 0.4) is 0 Å². The average molecular weight is 1280 g/mol. The molecule has 3 aliphatic heterocycles. The number of aliphatic hydroxyl groups excluding tert-OH is 1. The third kappa shape index (κ3) is 17.4. The molecule has 3 saturated heterocycles. The monoisotopic (exact) mass is 1280 g/mol. The number of aliphatic carboxylic acids is 1. The van der Waals surface area contributed by atoms with E-state index in [1.54, 1.807) is 39.8 Å². The first kappa shape index (κ1) is 70.2. The maximum atomic E-state index is 13.8. The third-order valence-electron chi connectivity index (χ3n) is 15.3. The van der Waals surface area contributed by atoms with E-state index in [4.69, 9.17) is 14.2 Å². The number of benzene rings is 4. The van der Waals surface area contributed by atoms with Crippen LogP contribution in [0.1, 0.15) is 95.9 Å². The largest absolute Gasteiger partial charge is 0.480 e. The number of β-amino-alcohol motifs (C(OH)–C–C–N with tert-alkyl or cyclic N) is 1. The molecule has 6 aromatic rings. The number of nitriles is 2. The summed E-state index contributed by atoms with van der Waals surface area (Å²) in [6.45, 7) is 11.9. The van der Waals surface area contributed by atoms with Gasteiger partial charge in [-0.05, 0) is 119 Å². The van der Waals surface area contributed by atoms with Crippen LogP contribution in [0.25, 0.3) is 0 Å². The minimum atomic E-state index is -4.78. The molecule has 0 radical (unpaired) electrons. The average Bonchev–Trinajstić information content (AvgIpc) is 1.43. The van der Waals surface area contributed by atoms with Crippen LogP contribution in [-0.2, 0) is 54.2 Å². The molecule has 0 unspecified atom stereocenters. The number of aromatic nitrogens is 2. The standard InChI is InChI=1S/C28H26F4N4O2.C21H20F4N4O2.C17H23NO5/c1-17-11-20(9-10-24(17)29)35(3)27(37)25-13-21(38-16-19-7-5-4-6-8-19)15-36(25)26-22(14-33)23(28(30,31)32)12-18(2)34-26;1-11-6-13(4-5-17(11)22)28(3)20(31)18-8-14(30)10-29(18)19-15(9-26)16(21(23,24)25)7-12(2)27-19;1-17(2,3)23-16(21)18-10-13(9-14(18)15(19)20)22-11-12-7-5-4-6-8-12/h4-12,21,25H,13,15-16H2,1-3H3;4-7,14,18,30H,8,10H2,1-3H3;4-8,13-14H,9-11H2,1-3H3,(H,19,20)/t21-,25-;14-,18-;13-,14-/m000/s1. The van der Waals surface area contributed by atoms with Gasteiger partial charge in [-0.1, -0.05) is 60.7 Å². The number of likely N-dealkylation sites (N-methyl/N-ethyl adjacent to an activating group) is 2. The van der Waals surface area contributed by atoms with Crippen LogP contribution >= 0.6 is 0 Å². The predicted octanol–water partition coefficient (Wildman–Crippen LogP) is 11.6. The summed E-state index contributed by atoms with van der Waals surface area (Å²) in [5.41, 5.74) is -0.788. The Labute approximate surface area is 526 Å². The number of nitrogens with zero attached hydrogens (tertiary/aromatic N) is 9. The van der Waals surface area contributed by atoms with E-state index in [9.17, 15) is 75.0 Å². The third-order valence-corrected chi connectivity index (χ3v) is 15.3. The topological polar surface area (TPSA) is 226 Å². The van der Waals surface area contributed by atoms with Crippen molar-refractivity contribution in [1.82, 2.24) is 14.9 Å². The highest BCUT2D eigenvalue weighted by Gasteiger charge is 2.46. The Morgan fingerprint density at radius 2 is 1.00 bits per heavy atom. The highest BCUT2D eigenvalue weighted by Crippen LogP contribution is 2.41. The van der Waals surface area contributed by atoms with Crippen molar-refractivity contribution >= 4 is 46.9 Å². The van der Waals surface area contributed by atoms with E-state index in [0.29, 0.717) is 29.1 Å². The maximum Gasteiger partial charge on any atom is 0.417 e. The summed E-state index contributed by atoms with van der Waals surface area (Å²) in [4.78, 5) is 65.3. The lowest BCUT2D eigenvalue weighted by Crippen LogP contribution is -2.45. The summed E-state index contributed by atoms with van der Waals surface area (Å²) in [5.74, 6) is -3.38. The summed E-state index contributed by atoms with van der Waals surface area (Å²) < 4.78 is 126. The number of anilines is 4. The number of carbonyl (C=O) groups is 4. The number of rotatable bonds is 13. The highest BCUT2D eigenvalue weighted by atomic mass is 19.4. The number of hydrogen-bond donors (Lipinski definition) is 2. The van der Waals surface area contributed by atoms with Crippen molar-refractivity contribution in [1.29, 1.82) is 10.5 Å². The molecule has 6 atom stereocenters. The first-order chi connectivity index (χ1) is 43.2. The van der Waals surface area contributed by atoms with E-state index in [2.05, 4.69) is 9.97 Å². The number of hydrogen-bond acceptors (Lipinski definition) is 14. The molecule has 92 heavy (non-hydrogen) atoms. The van der Waals surface area contributed by atoms with Crippen molar-refractivity contribution < 1.29 is 78.7 Å². The van der Waals surface area contributed by atoms with Gasteiger partial charge in [0.1, 0.15) is 70.3 Å². The molecule has 5 heterocycles. The molecule has 488 valence electrons. The van der Waals surface area contributed by atoms with Gasteiger partial charge in [0.2, 0.25) is 11.8 Å². The van der Waals surface area contributed by atoms with E-state index in [-0.39, 0.29) is 74.6 Å². The van der Waals surface area contributed by atoms with E-state index in [1.165, 1.54) is 95.8 Å². The van der Waals surface area contributed by atoms with Gasteiger partial charge in [-0.2, -0.15) is 36.9 Å². The molecule has 9 rings (SSSR count). The number of ether oxygens (including phenoxy) is 3. The molecular formula is C66H69F8N9O9. The molecule has 2 N–H and O–H groups in total. The fourth-order valence-electron chi connectivity index (χ4n) is 10.7. The molecule has 3 aliphatic rings. The van der Waals surface area contributed by atoms with Crippen molar-refractivity contribution in [3.05, 3.63) is 177 Å². The number of halogens is 8. The molecule has 4 aromatic carbocycles. The van der Waals surface area contributed by atoms with Crippen molar-refractivity contribution in [3.8, 4) is 12.1 Å². The number of aliphatic hydroxyl groups is 1. The Morgan fingerprint density at radius 3 is 1.39 bits per heavy atom. The van der Waals surface area contributed by atoms with Crippen molar-refractivity contribution in [3.63, 3.8) is 0 Å². The summed E-state index contributed by atoms with van der Waals surface area (Å²) in [7, 11) is 2.97. The van der Waals surface area contributed by atoms with Gasteiger partial charge in [-0.15, -0.1) is 0 Å². The van der Waals surface area contributed by atoms with E-state index in [0.717, 1.165) is 23.3 Å². The van der Waals surface area contributed by atoms with Crippen molar-refractivity contribution in [2.75, 3.05) is 53.3 Å². The molecule has 3 amide bonds. The second-order valence-corrected chi connectivity index (χ2v) is 23.4. The molecular weight excluding hydrogens is 1210 g/mol. The molecule has 0 spiro atoms. The number of amides is 3. The summed E-state index contributed by atoms with van der Waals surface area (Å²) in [6.07, 6.45) is -11.6. The normalized spacial score (nSPS) is 18.8. The Balaban J connectivity index is 0.000000202. The molecule has 3 fully saturated rings. The Kier molecular flexibility index (Phi) is 22.4. The molecule has 0 saturated carbocycles. The van der Waals surface area contributed by atoms with Gasteiger partial charge in [0, 0.05) is 69.2 Å². The first-order valence-corrected chi connectivity index (χ1v) is 29.0. The zero-order valence-corrected chi connectivity index (χ0v) is 51.8. The smallest absolute Gasteiger partial charge is 0.417 e. The molecule has 26 heteroatoms. The lowest BCUT2D eigenvalue weighted by molar-refractivity contribution is -0.142. The van der Waals surface area contributed by atoms with Gasteiger partial charge < -0.3 is 44.0 Å². The zero-order chi connectivity index (χ0) is 67.7. The van der Waals surface area contributed by atoms with Crippen LogP contribution in [0.4, 0.5) is 62.9 Å². The Morgan fingerprint density at radius 1 is 0.598 bits per heavy atom. The zero-order valence-electron chi connectivity index (χ0n) is 51.8. The molecule has 0 bridgehead atoms. The number of pyridine rings is 2. The lowest BCUT2D eigenvalue weighted by Gasteiger charge is -2.30. The predicted molar refractivity (Wildman–Crippen MR) is 323 cm³/mol. The highest BCUT2D eigenvalue weighted by molar-refractivity contribution is 6.00. The number of aryl methyl sites for hydroxylation is 4. The van der Waals surface area contributed by atoms with Gasteiger partial charge in [-0.25, -0.2) is 28.3 Å². The fraction of sp³-hybridized carbons (Fsp3) is 0.394.